The standard InChI is InChI=1S/C19H26BF4NO2/c1-17(2)18(3,4)27-20(26-17)15-8-7-13(16(21)10-15)11-25-9-5-6-14(12-25)19(22,23)24/h7-8,10,14H,5-6,9,11-12H2,1-4H3. The van der Waals surface area contributed by atoms with E-state index in [4.69, 9.17) is 9.31 Å². The van der Waals surface area contributed by atoms with Crippen LogP contribution >= 0.6 is 0 Å². The molecule has 8 heteroatoms. The van der Waals surface area contributed by atoms with Crippen LogP contribution in [0.15, 0.2) is 18.2 Å². The zero-order chi connectivity index (χ0) is 20.0. The van der Waals surface area contributed by atoms with E-state index in [2.05, 4.69) is 0 Å². The highest BCUT2D eigenvalue weighted by molar-refractivity contribution is 6.62. The lowest BCUT2D eigenvalue weighted by Crippen LogP contribution is -2.41. The normalized spacial score (nSPS) is 25.8. The SMILES string of the molecule is CC1(C)OB(c2ccc(CN3CCCC(C(F)(F)F)C3)c(F)c2)OC1(C)C. The molecule has 1 aromatic carbocycles. The molecule has 1 atom stereocenters. The quantitative estimate of drug-likeness (QED) is 0.580. The molecule has 0 aromatic heterocycles. The Kier molecular flexibility index (Phi) is 5.38. The summed E-state index contributed by atoms with van der Waals surface area (Å²) in [6.07, 6.45) is -3.58. The molecule has 2 saturated heterocycles. The smallest absolute Gasteiger partial charge is 0.399 e. The molecular weight excluding hydrogens is 361 g/mol. The fourth-order valence-electron chi connectivity index (χ4n) is 3.52. The van der Waals surface area contributed by atoms with Crippen molar-refractivity contribution in [3.05, 3.63) is 29.6 Å². The van der Waals surface area contributed by atoms with E-state index < -0.39 is 36.2 Å². The second kappa shape index (κ2) is 7.05. The summed E-state index contributed by atoms with van der Waals surface area (Å²) in [7, 11) is -0.664. The third-order valence-corrected chi connectivity index (χ3v) is 5.96. The maximum Gasteiger partial charge on any atom is 0.494 e. The van der Waals surface area contributed by atoms with E-state index in [1.165, 1.54) is 6.07 Å². The summed E-state index contributed by atoms with van der Waals surface area (Å²) >= 11 is 0. The monoisotopic (exact) mass is 387 g/mol. The molecule has 2 fully saturated rings. The Morgan fingerprint density at radius 2 is 1.78 bits per heavy atom. The number of hydrogen-bond donors (Lipinski definition) is 0. The van der Waals surface area contributed by atoms with Gasteiger partial charge in [0.05, 0.1) is 17.1 Å². The van der Waals surface area contributed by atoms with E-state index in [1.807, 2.05) is 27.7 Å². The molecule has 2 heterocycles. The maximum atomic E-state index is 14.6. The van der Waals surface area contributed by atoms with E-state index in [9.17, 15) is 17.6 Å². The minimum atomic E-state index is -4.20. The van der Waals surface area contributed by atoms with E-state index in [0.717, 1.165) is 0 Å². The van der Waals surface area contributed by atoms with Gasteiger partial charge < -0.3 is 9.31 Å². The van der Waals surface area contributed by atoms with Crippen LogP contribution in [0.2, 0.25) is 0 Å². The lowest BCUT2D eigenvalue weighted by Gasteiger charge is -2.33. The lowest BCUT2D eigenvalue weighted by molar-refractivity contribution is -0.187. The first-order chi connectivity index (χ1) is 12.4. The highest BCUT2D eigenvalue weighted by Crippen LogP contribution is 2.37. The molecule has 0 radical (unpaired) electrons. The highest BCUT2D eigenvalue weighted by atomic mass is 19.4. The number of hydrogen-bond acceptors (Lipinski definition) is 3. The Hall–Kier alpha value is -1.12. The number of benzene rings is 1. The van der Waals surface area contributed by atoms with Crippen molar-refractivity contribution in [2.45, 2.75) is 64.5 Å². The Morgan fingerprint density at radius 1 is 1.15 bits per heavy atom. The molecule has 2 aliphatic rings. The largest absolute Gasteiger partial charge is 0.494 e. The molecule has 0 saturated carbocycles. The molecule has 1 aromatic rings. The fraction of sp³-hybridized carbons (Fsp3) is 0.684. The average Bonchev–Trinajstić information content (AvgIpc) is 2.77. The molecule has 2 aliphatic heterocycles. The maximum absolute atomic E-state index is 14.6. The average molecular weight is 387 g/mol. The summed E-state index contributed by atoms with van der Waals surface area (Å²) < 4.78 is 65.3. The van der Waals surface area contributed by atoms with Crippen LogP contribution in [-0.2, 0) is 15.9 Å². The Labute approximate surface area is 158 Å². The van der Waals surface area contributed by atoms with Gasteiger partial charge in [-0.25, -0.2) is 4.39 Å². The fourth-order valence-corrected chi connectivity index (χ4v) is 3.52. The molecule has 27 heavy (non-hydrogen) atoms. The molecule has 3 nitrogen and oxygen atoms in total. The Morgan fingerprint density at radius 3 is 2.33 bits per heavy atom. The second-order valence-corrected chi connectivity index (χ2v) is 8.55. The predicted molar refractivity (Wildman–Crippen MR) is 96.2 cm³/mol. The number of rotatable bonds is 3. The summed E-state index contributed by atoms with van der Waals surface area (Å²) in [5.41, 5.74) is -0.0831. The first kappa shape index (κ1) is 20.6. The van der Waals surface area contributed by atoms with Crippen LogP contribution in [0.4, 0.5) is 17.6 Å². The van der Waals surface area contributed by atoms with Crippen LogP contribution in [-0.4, -0.2) is 42.5 Å². The van der Waals surface area contributed by atoms with Crippen molar-refractivity contribution in [2.75, 3.05) is 13.1 Å². The van der Waals surface area contributed by atoms with Gasteiger partial charge in [0, 0.05) is 18.7 Å². The third kappa shape index (κ3) is 4.33. The zero-order valence-electron chi connectivity index (χ0n) is 16.2. The molecule has 150 valence electrons. The molecule has 0 N–H and O–H groups in total. The molecule has 3 rings (SSSR count). The van der Waals surface area contributed by atoms with E-state index >= 15 is 0 Å². The van der Waals surface area contributed by atoms with Crippen LogP contribution in [0.5, 0.6) is 0 Å². The number of nitrogens with zero attached hydrogens (tertiary/aromatic N) is 1. The van der Waals surface area contributed by atoms with Gasteiger partial charge in [0.15, 0.2) is 0 Å². The van der Waals surface area contributed by atoms with E-state index in [-0.39, 0.29) is 19.5 Å². The van der Waals surface area contributed by atoms with Gasteiger partial charge in [0.2, 0.25) is 0 Å². The van der Waals surface area contributed by atoms with Crippen LogP contribution in [0.3, 0.4) is 0 Å². The van der Waals surface area contributed by atoms with Crippen molar-refractivity contribution < 1.29 is 26.9 Å². The van der Waals surface area contributed by atoms with Crippen molar-refractivity contribution in [1.29, 1.82) is 0 Å². The van der Waals surface area contributed by atoms with E-state index in [1.54, 1.807) is 17.0 Å². The van der Waals surface area contributed by atoms with Crippen molar-refractivity contribution in [2.24, 2.45) is 5.92 Å². The van der Waals surface area contributed by atoms with Gasteiger partial charge in [-0.1, -0.05) is 12.1 Å². The molecule has 1 unspecified atom stereocenters. The van der Waals surface area contributed by atoms with Crippen molar-refractivity contribution >= 4 is 12.6 Å². The Balaban J connectivity index is 1.69. The number of likely N-dealkylation sites (tertiary alicyclic amines) is 1. The summed E-state index contributed by atoms with van der Waals surface area (Å²) in [5, 5.41) is 0. The number of halogens is 4. The van der Waals surface area contributed by atoms with Crippen LogP contribution in [0, 0.1) is 11.7 Å². The van der Waals surface area contributed by atoms with Crippen LogP contribution in [0.25, 0.3) is 0 Å². The van der Waals surface area contributed by atoms with Gasteiger partial charge in [-0.3, -0.25) is 4.90 Å². The van der Waals surface area contributed by atoms with Gasteiger partial charge in [-0.15, -0.1) is 0 Å². The van der Waals surface area contributed by atoms with Crippen LogP contribution < -0.4 is 5.46 Å². The zero-order valence-corrected chi connectivity index (χ0v) is 16.2. The van der Waals surface area contributed by atoms with Gasteiger partial charge in [0.25, 0.3) is 0 Å². The van der Waals surface area contributed by atoms with Crippen LogP contribution in [0.1, 0.15) is 46.1 Å². The van der Waals surface area contributed by atoms with Gasteiger partial charge >= 0.3 is 13.3 Å². The topological polar surface area (TPSA) is 21.7 Å². The minimum Gasteiger partial charge on any atom is -0.399 e. The lowest BCUT2D eigenvalue weighted by atomic mass is 9.78. The molecule has 0 spiro atoms. The predicted octanol–water partition coefficient (Wildman–Crippen LogP) is 3.90. The second-order valence-electron chi connectivity index (χ2n) is 8.55. The summed E-state index contributed by atoms with van der Waals surface area (Å²) in [6, 6.07) is 4.71. The van der Waals surface area contributed by atoms with Crippen molar-refractivity contribution in [1.82, 2.24) is 4.90 Å². The molecule has 0 bridgehead atoms. The highest BCUT2D eigenvalue weighted by Gasteiger charge is 2.51. The summed E-state index contributed by atoms with van der Waals surface area (Å²) in [5.74, 6) is -1.78. The minimum absolute atomic E-state index is 0.0814. The first-order valence-electron chi connectivity index (χ1n) is 9.32. The van der Waals surface area contributed by atoms with Gasteiger partial charge in [-0.05, 0) is 58.6 Å². The summed E-state index contributed by atoms with van der Waals surface area (Å²) in [4.78, 5) is 1.68. The van der Waals surface area contributed by atoms with Crippen molar-refractivity contribution in [3.63, 3.8) is 0 Å². The molecular formula is C19H26BF4NO2. The van der Waals surface area contributed by atoms with E-state index in [0.29, 0.717) is 24.0 Å². The molecule has 0 amide bonds. The Bertz CT molecular complexity index is 677. The first-order valence-corrected chi connectivity index (χ1v) is 9.32. The molecule has 0 aliphatic carbocycles. The van der Waals surface area contributed by atoms with Gasteiger partial charge in [-0.2, -0.15) is 13.2 Å². The third-order valence-electron chi connectivity index (χ3n) is 5.96. The van der Waals surface area contributed by atoms with Crippen molar-refractivity contribution in [3.8, 4) is 0 Å². The summed E-state index contributed by atoms with van der Waals surface area (Å²) in [6.45, 7) is 8.32. The van der Waals surface area contributed by atoms with Gasteiger partial charge in [0.1, 0.15) is 5.82 Å². The number of piperidine rings is 1. The number of alkyl halides is 3.